The fourth-order valence-corrected chi connectivity index (χ4v) is 12.6. The van der Waals surface area contributed by atoms with Crippen LogP contribution in [0, 0.1) is 0 Å². The van der Waals surface area contributed by atoms with Crippen LogP contribution in [0.1, 0.15) is 154 Å². The highest BCUT2D eigenvalue weighted by molar-refractivity contribution is 7.57. The predicted molar refractivity (Wildman–Crippen MR) is 207 cm³/mol. The Bertz CT molecular complexity index is 563. The first-order valence-electron chi connectivity index (χ1n) is 19.5. The maximum Gasteiger partial charge on any atom is 0.500 e. The molecule has 47 heavy (non-hydrogen) atoms. The molecule has 0 N–H and O–H groups in total. The van der Waals surface area contributed by atoms with Gasteiger partial charge in [0.1, 0.15) is 0 Å². The molecule has 0 bridgehead atoms. The van der Waals surface area contributed by atoms with Gasteiger partial charge in [-0.2, -0.15) is 0 Å². The van der Waals surface area contributed by atoms with Crippen molar-refractivity contribution in [2.45, 2.75) is 166 Å². The number of hydrogen-bond donors (Lipinski definition) is 0. The van der Waals surface area contributed by atoms with Gasteiger partial charge < -0.3 is 31.3 Å². The van der Waals surface area contributed by atoms with Gasteiger partial charge >= 0.3 is 17.6 Å². The van der Waals surface area contributed by atoms with Crippen molar-refractivity contribution < 1.29 is 31.3 Å². The molecule has 0 aromatic rings. The first-order valence-corrected chi connectivity index (χ1v) is 25.3. The van der Waals surface area contributed by atoms with E-state index in [4.69, 9.17) is 31.3 Å². The van der Waals surface area contributed by atoms with E-state index < -0.39 is 17.6 Å². The van der Waals surface area contributed by atoms with E-state index in [0.29, 0.717) is 0 Å². The lowest BCUT2D eigenvalue weighted by atomic mass is 10.1. The van der Waals surface area contributed by atoms with Crippen LogP contribution in [-0.2, 0) is 31.3 Å². The Morgan fingerprint density at radius 2 is 0.532 bits per heavy atom. The first-order chi connectivity index (χ1) is 23.0. The Labute approximate surface area is 297 Å². The zero-order valence-electron chi connectivity index (χ0n) is 32.5. The highest BCUT2D eigenvalue weighted by atomic mass is 31.1. The van der Waals surface area contributed by atoms with E-state index in [9.17, 15) is 0 Å². The third kappa shape index (κ3) is 27.0. The van der Waals surface area contributed by atoms with Crippen LogP contribution in [0.15, 0.2) is 0 Å². The lowest BCUT2D eigenvalue weighted by molar-refractivity contribution is 0.122. The second kappa shape index (κ2) is 35.0. The van der Waals surface area contributed by atoms with Gasteiger partial charge in [0, 0.05) is 61.9 Å². The van der Waals surface area contributed by atoms with Gasteiger partial charge in [0.15, 0.2) is 0 Å². The summed E-state index contributed by atoms with van der Waals surface area (Å²) in [6, 6.07) is 1.86. The molecule has 284 valence electrons. The SMILES string of the molecule is COCCP(CCCCCCCCCCCCCC[Si](OC)(OC)OC)CCCCCCCCCCCCCC[Si](OC)(OC)OC. The fraction of sp³-hybridized carbons (Fsp3) is 1.00. The Hall–Kier alpha value is 0.584. The summed E-state index contributed by atoms with van der Waals surface area (Å²) in [5.41, 5.74) is 0. The average molecular weight is 725 g/mol. The summed E-state index contributed by atoms with van der Waals surface area (Å²) in [6.45, 7) is 0.956. The molecule has 0 amide bonds. The van der Waals surface area contributed by atoms with E-state index in [-0.39, 0.29) is 7.92 Å². The van der Waals surface area contributed by atoms with Crippen molar-refractivity contribution in [2.75, 3.05) is 74.9 Å². The van der Waals surface area contributed by atoms with Gasteiger partial charge in [-0.05, 0) is 44.2 Å². The van der Waals surface area contributed by atoms with Gasteiger partial charge in [0.2, 0.25) is 0 Å². The van der Waals surface area contributed by atoms with Crippen molar-refractivity contribution in [3.63, 3.8) is 0 Å². The normalized spacial score (nSPS) is 12.5. The van der Waals surface area contributed by atoms with Crippen LogP contribution in [0.25, 0.3) is 0 Å². The topological polar surface area (TPSA) is 64.6 Å². The summed E-state index contributed by atoms with van der Waals surface area (Å²) in [6.07, 6.45) is 37.1. The summed E-state index contributed by atoms with van der Waals surface area (Å²) >= 11 is 0. The minimum Gasteiger partial charge on any atom is -0.384 e. The number of hydrogen-bond acceptors (Lipinski definition) is 7. The van der Waals surface area contributed by atoms with Gasteiger partial charge in [0.25, 0.3) is 0 Å². The number of rotatable bonds is 39. The number of unbranched alkanes of at least 4 members (excludes halogenated alkanes) is 22. The third-order valence-corrected chi connectivity index (χ3v) is 18.3. The molecule has 7 nitrogen and oxygen atoms in total. The van der Waals surface area contributed by atoms with Gasteiger partial charge in [0.05, 0.1) is 6.61 Å². The Morgan fingerprint density at radius 3 is 0.766 bits per heavy atom. The molecule has 10 heteroatoms. The Kier molecular flexibility index (Phi) is 35.4. The van der Waals surface area contributed by atoms with E-state index in [1.54, 1.807) is 42.7 Å². The van der Waals surface area contributed by atoms with Crippen LogP contribution in [0.2, 0.25) is 12.1 Å². The van der Waals surface area contributed by atoms with Crippen LogP contribution in [0.4, 0.5) is 0 Å². The highest BCUT2D eigenvalue weighted by Gasteiger charge is 2.37. The van der Waals surface area contributed by atoms with Crippen LogP contribution in [0.5, 0.6) is 0 Å². The smallest absolute Gasteiger partial charge is 0.384 e. The van der Waals surface area contributed by atoms with Crippen LogP contribution in [0.3, 0.4) is 0 Å². The van der Waals surface area contributed by atoms with E-state index in [2.05, 4.69) is 0 Å². The average Bonchev–Trinajstić information content (AvgIpc) is 3.10. The predicted octanol–water partition coefficient (Wildman–Crippen LogP) is 11.2. The number of methoxy groups -OCH3 is 1. The standard InChI is InChI=1S/C37H81O7PSi2/c1-38-32-35-45(33-28-24-20-16-12-8-10-14-18-22-26-30-36-46(39-2,40-3)41-4)34-29-25-21-17-13-9-11-15-19-23-27-31-37-47(42-5,43-6)44-7/h8-37H2,1-7H3. The van der Waals surface area contributed by atoms with Gasteiger partial charge in [-0.25, -0.2) is 0 Å². The second-order valence-electron chi connectivity index (χ2n) is 13.4. The van der Waals surface area contributed by atoms with Crippen LogP contribution >= 0.6 is 7.92 Å². The minimum absolute atomic E-state index is 0.173. The van der Waals surface area contributed by atoms with Gasteiger partial charge in [-0.15, -0.1) is 7.92 Å². The molecule has 0 radical (unpaired) electrons. The van der Waals surface area contributed by atoms with Crippen molar-refractivity contribution >= 4 is 25.5 Å². The monoisotopic (exact) mass is 725 g/mol. The molecule has 0 aromatic heterocycles. The molecule has 0 saturated carbocycles. The molecular weight excluding hydrogens is 644 g/mol. The summed E-state index contributed by atoms with van der Waals surface area (Å²) in [5.74, 6) is 0. The van der Waals surface area contributed by atoms with Gasteiger partial charge in [-0.1, -0.05) is 128 Å². The second-order valence-corrected chi connectivity index (χ2v) is 22.3. The fourth-order valence-electron chi connectivity index (χ4n) is 6.56. The minimum atomic E-state index is -2.36. The zero-order chi connectivity index (χ0) is 34.7. The lowest BCUT2D eigenvalue weighted by Crippen LogP contribution is -2.42. The van der Waals surface area contributed by atoms with Crippen molar-refractivity contribution in [1.82, 2.24) is 0 Å². The van der Waals surface area contributed by atoms with E-state index >= 15 is 0 Å². The highest BCUT2D eigenvalue weighted by Crippen LogP contribution is 2.38. The molecule has 0 saturated heterocycles. The quantitative estimate of drug-likeness (QED) is 0.0355. The third-order valence-electron chi connectivity index (χ3n) is 9.89. The zero-order valence-corrected chi connectivity index (χ0v) is 35.4. The van der Waals surface area contributed by atoms with E-state index in [0.717, 1.165) is 31.5 Å². The Balaban J connectivity index is 3.61. The van der Waals surface area contributed by atoms with E-state index in [1.807, 2.05) is 7.11 Å². The molecule has 0 atom stereocenters. The van der Waals surface area contributed by atoms with Crippen molar-refractivity contribution in [1.29, 1.82) is 0 Å². The van der Waals surface area contributed by atoms with Gasteiger partial charge in [-0.3, -0.25) is 0 Å². The molecule has 0 unspecified atom stereocenters. The molecule has 0 rings (SSSR count). The first kappa shape index (κ1) is 47.6. The maximum absolute atomic E-state index is 5.51. The van der Waals surface area contributed by atoms with Crippen LogP contribution < -0.4 is 0 Å². The molecule has 0 spiro atoms. The molecule has 0 aliphatic heterocycles. The van der Waals surface area contributed by atoms with Crippen molar-refractivity contribution in [2.24, 2.45) is 0 Å². The summed E-state index contributed by atoms with van der Waals surface area (Å²) in [4.78, 5) is 0. The summed E-state index contributed by atoms with van der Waals surface area (Å²) in [7, 11) is 7.55. The van der Waals surface area contributed by atoms with Crippen LogP contribution in [-0.4, -0.2) is 92.5 Å². The maximum atomic E-state index is 5.51. The molecule has 0 aliphatic rings. The molecule has 0 aliphatic carbocycles. The summed E-state index contributed by atoms with van der Waals surface area (Å²) in [5, 5.41) is 0. The molecular formula is C37H81O7PSi2. The largest absolute Gasteiger partial charge is 0.500 e. The lowest BCUT2D eigenvalue weighted by Gasteiger charge is -2.24. The van der Waals surface area contributed by atoms with Crippen molar-refractivity contribution in [3.8, 4) is 0 Å². The number of ether oxygens (including phenoxy) is 1. The summed E-state index contributed by atoms with van der Waals surface area (Å²) < 4.78 is 38.5. The molecule has 0 heterocycles. The molecule has 0 fully saturated rings. The molecule has 0 aromatic carbocycles. The van der Waals surface area contributed by atoms with E-state index in [1.165, 1.54) is 160 Å². The van der Waals surface area contributed by atoms with Crippen molar-refractivity contribution in [3.05, 3.63) is 0 Å². The Morgan fingerprint density at radius 1 is 0.298 bits per heavy atom.